The average Bonchev–Trinajstić information content (AvgIpc) is 2.92. The molecule has 1 atom stereocenters. The number of H-pyrrole nitrogens is 1. The Morgan fingerprint density at radius 3 is 3.10 bits per heavy atom. The number of nitrogens with one attached hydrogen (secondary N) is 1. The summed E-state index contributed by atoms with van der Waals surface area (Å²) in [4.78, 5) is 6.48. The van der Waals surface area contributed by atoms with E-state index in [9.17, 15) is 4.39 Å². The molecule has 0 amide bonds. The summed E-state index contributed by atoms with van der Waals surface area (Å²) < 4.78 is 13.8. The van der Waals surface area contributed by atoms with E-state index < -0.39 is 0 Å². The zero-order valence-corrected chi connectivity index (χ0v) is 12.3. The summed E-state index contributed by atoms with van der Waals surface area (Å²) in [6.45, 7) is 1.64. The molecule has 2 heterocycles. The first kappa shape index (κ1) is 14.3. The lowest BCUT2D eigenvalue weighted by molar-refractivity contribution is 0.500. The first-order valence-corrected chi connectivity index (χ1v) is 7.36. The molecule has 3 rings (SSSR count). The number of nitrogens with two attached hydrogens (primary N) is 1. The monoisotopic (exact) mass is 309 g/mol. The van der Waals surface area contributed by atoms with Gasteiger partial charge in [-0.25, -0.2) is 4.39 Å². The maximum atomic E-state index is 13.8. The van der Waals surface area contributed by atoms with Gasteiger partial charge < -0.3 is 10.6 Å². The zero-order valence-electron chi connectivity index (χ0n) is 11.5. The van der Waals surface area contributed by atoms with Gasteiger partial charge in [-0.1, -0.05) is 17.7 Å². The van der Waals surface area contributed by atoms with Crippen molar-refractivity contribution in [1.82, 2.24) is 15.2 Å². The third kappa shape index (κ3) is 3.16. The molecule has 1 aliphatic heterocycles. The summed E-state index contributed by atoms with van der Waals surface area (Å²) in [6.07, 6.45) is 2.35. The number of nitrogens with zero attached hydrogens (tertiary/aromatic N) is 3. The average molecular weight is 310 g/mol. The number of halogens is 2. The third-order valence-electron chi connectivity index (χ3n) is 3.67. The van der Waals surface area contributed by atoms with Gasteiger partial charge in [-0.05, 0) is 25.0 Å². The van der Waals surface area contributed by atoms with Crippen molar-refractivity contribution in [3.8, 4) is 0 Å². The van der Waals surface area contributed by atoms with E-state index in [0.29, 0.717) is 28.8 Å². The van der Waals surface area contributed by atoms with Crippen LogP contribution in [-0.4, -0.2) is 34.3 Å². The summed E-state index contributed by atoms with van der Waals surface area (Å²) >= 11 is 6.03. The highest BCUT2D eigenvalue weighted by Crippen LogP contribution is 2.22. The number of piperidine rings is 1. The van der Waals surface area contributed by atoms with E-state index in [2.05, 4.69) is 20.1 Å². The largest absolute Gasteiger partial charge is 0.338 e. The Kier molecular flexibility index (Phi) is 4.07. The van der Waals surface area contributed by atoms with Crippen molar-refractivity contribution in [2.45, 2.75) is 25.3 Å². The summed E-state index contributed by atoms with van der Waals surface area (Å²) in [6, 6.07) is 4.80. The predicted octanol–water partition coefficient (Wildman–Crippen LogP) is 2.12. The van der Waals surface area contributed by atoms with E-state index in [0.717, 1.165) is 25.9 Å². The Labute approximate surface area is 127 Å². The van der Waals surface area contributed by atoms with Crippen molar-refractivity contribution in [3.05, 3.63) is 40.4 Å². The minimum Gasteiger partial charge on any atom is -0.338 e. The summed E-state index contributed by atoms with van der Waals surface area (Å²) in [5, 5.41) is 7.45. The van der Waals surface area contributed by atoms with Crippen molar-refractivity contribution in [1.29, 1.82) is 0 Å². The maximum absolute atomic E-state index is 13.8. The molecule has 2 aromatic rings. The van der Waals surface area contributed by atoms with Crippen molar-refractivity contribution < 1.29 is 4.39 Å². The lowest BCUT2D eigenvalue weighted by Gasteiger charge is -2.29. The van der Waals surface area contributed by atoms with Crippen LogP contribution in [0.3, 0.4) is 0 Å². The van der Waals surface area contributed by atoms with E-state index in [-0.39, 0.29) is 11.9 Å². The molecule has 1 fully saturated rings. The summed E-state index contributed by atoms with van der Waals surface area (Å²) in [5.41, 5.74) is 6.39. The third-order valence-corrected chi connectivity index (χ3v) is 4.02. The van der Waals surface area contributed by atoms with E-state index in [1.807, 2.05) is 0 Å². The molecule has 1 unspecified atom stereocenters. The van der Waals surface area contributed by atoms with Crippen LogP contribution in [0, 0.1) is 5.82 Å². The van der Waals surface area contributed by atoms with Gasteiger partial charge in [0.25, 0.3) is 0 Å². The Bertz CT molecular complexity index is 609. The van der Waals surface area contributed by atoms with Gasteiger partial charge >= 0.3 is 0 Å². The normalized spacial score (nSPS) is 19.0. The van der Waals surface area contributed by atoms with Crippen LogP contribution >= 0.6 is 11.6 Å². The van der Waals surface area contributed by atoms with Gasteiger partial charge in [0.05, 0.1) is 0 Å². The van der Waals surface area contributed by atoms with Gasteiger partial charge in [-0.15, -0.1) is 5.10 Å². The highest BCUT2D eigenvalue weighted by molar-refractivity contribution is 6.31. The molecule has 7 heteroatoms. The topological polar surface area (TPSA) is 70.8 Å². The van der Waals surface area contributed by atoms with Crippen LogP contribution in [0.1, 0.15) is 24.2 Å². The van der Waals surface area contributed by atoms with Crippen LogP contribution in [-0.2, 0) is 6.42 Å². The number of hydrogen-bond donors (Lipinski definition) is 2. The molecule has 0 bridgehead atoms. The van der Waals surface area contributed by atoms with Crippen LogP contribution in [0.4, 0.5) is 10.3 Å². The van der Waals surface area contributed by atoms with Gasteiger partial charge in [0, 0.05) is 36.1 Å². The molecule has 112 valence electrons. The number of benzene rings is 1. The minimum absolute atomic E-state index is 0.154. The van der Waals surface area contributed by atoms with Gasteiger partial charge in [-0.3, -0.25) is 5.10 Å². The van der Waals surface area contributed by atoms with Gasteiger partial charge in [0.2, 0.25) is 5.95 Å². The Hall–Kier alpha value is -1.66. The van der Waals surface area contributed by atoms with Crippen molar-refractivity contribution in [2.24, 2.45) is 5.73 Å². The molecule has 0 radical (unpaired) electrons. The first-order chi connectivity index (χ1) is 10.1. The second-order valence-electron chi connectivity index (χ2n) is 5.31. The quantitative estimate of drug-likeness (QED) is 0.911. The number of aromatic amines is 1. The molecule has 1 aromatic carbocycles. The fourth-order valence-corrected chi connectivity index (χ4v) is 2.80. The number of aromatic nitrogens is 3. The molecular formula is C14H17ClFN5. The van der Waals surface area contributed by atoms with Crippen LogP contribution in [0.15, 0.2) is 18.2 Å². The highest BCUT2D eigenvalue weighted by atomic mass is 35.5. The molecule has 0 aliphatic carbocycles. The van der Waals surface area contributed by atoms with Crippen molar-refractivity contribution >= 4 is 17.5 Å². The van der Waals surface area contributed by atoms with Crippen molar-refractivity contribution in [2.75, 3.05) is 18.0 Å². The molecule has 0 spiro atoms. The smallest absolute Gasteiger partial charge is 0.244 e. The second-order valence-corrected chi connectivity index (χ2v) is 5.71. The second kappa shape index (κ2) is 5.99. The van der Waals surface area contributed by atoms with Crippen molar-refractivity contribution in [3.63, 3.8) is 0 Å². The van der Waals surface area contributed by atoms with Gasteiger partial charge in [0.15, 0.2) is 0 Å². The first-order valence-electron chi connectivity index (χ1n) is 6.98. The van der Waals surface area contributed by atoms with Crippen LogP contribution in [0.25, 0.3) is 0 Å². The molecule has 3 N–H and O–H groups in total. The van der Waals surface area contributed by atoms with Gasteiger partial charge in [-0.2, -0.15) is 4.98 Å². The summed E-state index contributed by atoms with van der Waals surface area (Å²) in [7, 11) is 0. The fourth-order valence-electron chi connectivity index (χ4n) is 2.57. The van der Waals surface area contributed by atoms with E-state index in [4.69, 9.17) is 17.3 Å². The minimum atomic E-state index is -0.333. The number of rotatable bonds is 3. The molecule has 1 aromatic heterocycles. The molecule has 1 saturated heterocycles. The van der Waals surface area contributed by atoms with E-state index in [1.165, 1.54) is 6.07 Å². The van der Waals surface area contributed by atoms with E-state index >= 15 is 0 Å². The standard InChI is InChI=1S/C14H17ClFN5/c15-11-4-1-5-12(16)10(11)7-13-18-14(20-19-13)21-6-2-3-9(17)8-21/h1,4-5,9H,2-3,6-8,17H2,(H,18,19,20). The molecular weight excluding hydrogens is 293 g/mol. The predicted molar refractivity (Wildman–Crippen MR) is 80.0 cm³/mol. The Balaban J connectivity index is 1.76. The SMILES string of the molecule is NC1CCCN(c2n[nH]c(Cc3c(F)cccc3Cl)n2)C1. The van der Waals surface area contributed by atoms with Gasteiger partial charge in [0.1, 0.15) is 11.6 Å². The number of hydrogen-bond acceptors (Lipinski definition) is 4. The molecule has 0 saturated carbocycles. The zero-order chi connectivity index (χ0) is 14.8. The highest BCUT2D eigenvalue weighted by Gasteiger charge is 2.20. The molecule has 1 aliphatic rings. The van der Waals surface area contributed by atoms with Crippen LogP contribution in [0.5, 0.6) is 0 Å². The molecule has 5 nitrogen and oxygen atoms in total. The Morgan fingerprint density at radius 2 is 2.33 bits per heavy atom. The maximum Gasteiger partial charge on any atom is 0.244 e. The molecule has 21 heavy (non-hydrogen) atoms. The van der Waals surface area contributed by atoms with E-state index in [1.54, 1.807) is 12.1 Å². The fraction of sp³-hybridized carbons (Fsp3) is 0.429. The summed E-state index contributed by atoms with van der Waals surface area (Å²) in [5.74, 6) is 0.879. The Morgan fingerprint density at radius 1 is 1.48 bits per heavy atom. The lowest BCUT2D eigenvalue weighted by Crippen LogP contribution is -2.43. The lowest BCUT2D eigenvalue weighted by atomic mass is 10.1. The number of anilines is 1. The van der Waals surface area contributed by atoms with Crippen LogP contribution < -0.4 is 10.6 Å². The van der Waals surface area contributed by atoms with Crippen LogP contribution in [0.2, 0.25) is 5.02 Å².